The number of aliphatic hydroxyl groups is 1. The van der Waals surface area contributed by atoms with Crippen LogP contribution in [0.4, 0.5) is 15.8 Å². The molecule has 0 unspecified atom stereocenters. The van der Waals surface area contributed by atoms with Gasteiger partial charge in [-0.05, 0) is 54.1 Å². The maximum Gasteiger partial charge on any atom is 0.228 e. The smallest absolute Gasteiger partial charge is 0.228 e. The SMILES string of the molecule is NC(/C=C(\O)c1ccc(F)cc1)=Nc1cccc(CC(=O)Nc2ccccc2)c1. The van der Waals surface area contributed by atoms with Crippen molar-refractivity contribution in [2.24, 2.45) is 10.7 Å². The molecule has 1 amide bonds. The fourth-order valence-corrected chi connectivity index (χ4v) is 2.67. The van der Waals surface area contributed by atoms with Crippen LogP contribution in [0, 0.1) is 5.82 Å². The van der Waals surface area contributed by atoms with Crippen molar-refractivity contribution in [2.75, 3.05) is 5.32 Å². The number of amides is 1. The molecule has 0 aliphatic rings. The van der Waals surface area contributed by atoms with E-state index in [4.69, 9.17) is 5.73 Å². The van der Waals surface area contributed by atoms with Gasteiger partial charge in [0.25, 0.3) is 0 Å². The summed E-state index contributed by atoms with van der Waals surface area (Å²) in [6.07, 6.45) is 1.48. The van der Waals surface area contributed by atoms with Crippen LogP contribution in [0.25, 0.3) is 5.76 Å². The zero-order chi connectivity index (χ0) is 20.6. The number of rotatable bonds is 6. The summed E-state index contributed by atoms with van der Waals surface area (Å²) < 4.78 is 13.0. The second kappa shape index (κ2) is 9.32. The second-order valence-corrected chi connectivity index (χ2v) is 6.33. The monoisotopic (exact) mass is 389 g/mol. The first-order valence-corrected chi connectivity index (χ1v) is 8.94. The number of para-hydroxylation sites is 1. The first-order valence-electron chi connectivity index (χ1n) is 8.94. The Kier molecular flexibility index (Phi) is 6.37. The van der Waals surface area contributed by atoms with Crippen LogP contribution in [0.1, 0.15) is 11.1 Å². The van der Waals surface area contributed by atoms with Crippen molar-refractivity contribution >= 4 is 28.9 Å². The van der Waals surface area contributed by atoms with Crippen molar-refractivity contribution in [3.05, 3.63) is 102 Å². The number of benzene rings is 3. The maximum atomic E-state index is 13.0. The number of amidine groups is 1. The molecular weight excluding hydrogens is 369 g/mol. The Hall–Kier alpha value is -3.93. The Balaban J connectivity index is 1.68. The lowest BCUT2D eigenvalue weighted by molar-refractivity contribution is -0.115. The average Bonchev–Trinajstić information content (AvgIpc) is 2.69. The number of hydrogen-bond donors (Lipinski definition) is 3. The topological polar surface area (TPSA) is 87.7 Å². The molecule has 3 aromatic carbocycles. The van der Waals surface area contributed by atoms with Crippen LogP contribution < -0.4 is 11.1 Å². The minimum Gasteiger partial charge on any atom is -0.507 e. The van der Waals surface area contributed by atoms with E-state index in [2.05, 4.69) is 10.3 Å². The molecule has 0 aliphatic carbocycles. The van der Waals surface area contributed by atoms with Gasteiger partial charge in [0.05, 0.1) is 12.1 Å². The first kappa shape index (κ1) is 19.8. The van der Waals surface area contributed by atoms with Crippen LogP contribution in [0.2, 0.25) is 0 Å². The number of aliphatic imine (C=N–C) groups is 1. The van der Waals surface area contributed by atoms with E-state index in [1.165, 1.54) is 30.3 Å². The Morgan fingerprint density at radius 2 is 1.76 bits per heavy atom. The quantitative estimate of drug-likeness (QED) is 0.327. The maximum absolute atomic E-state index is 13.0. The van der Waals surface area contributed by atoms with Gasteiger partial charge in [-0.15, -0.1) is 0 Å². The standard InChI is InChI=1S/C23H20FN3O2/c24-18-11-9-17(10-12-18)21(28)15-22(25)26-20-8-4-5-16(13-20)14-23(29)27-19-6-2-1-3-7-19/h1-13,15,28H,14H2,(H2,25,26)(H,27,29)/b21-15-. The lowest BCUT2D eigenvalue weighted by atomic mass is 10.1. The summed E-state index contributed by atoms with van der Waals surface area (Å²) in [7, 11) is 0. The molecule has 29 heavy (non-hydrogen) atoms. The number of aliphatic hydroxyl groups excluding tert-OH is 1. The van der Waals surface area contributed by atoms with Gasteiger partial charge in [0, 0.05) is 17.3 Å². The van der Waals surface area contributed by atoms with Crippen LogP contribution in [0.5, 0.6) is 0 Å². The summed E-state index contributed by atoms with van der Waals surface area (Å²) in [5.74, 6) is -0.571. The van der Waals surface area contributed by atoms with Gasteiger partial charge >= 0.3 is 0 Å². The normalized spacial score (nSPS) is 11.9. The van der Waals surface area contributed by atoms with Gasteiger partial charge in [0.1, 0.15) is 17.4 Å². The largest absolute Gasteiger partial charge is 0.507 e. The summed E-state index contributed by atoms with van der Waals surface area (Å²) >= 11 is 0. The summed E-state index contributed by atoms with van der Waals surface area (Å²) in [4.78, 5) is 16.4. The lowest BCUT2D eigenvalue weighted by Gasteiger charge is -2.06. The molecule has 6 heteroatoms. The number of hydrogen-bond acceptors (Lipinski definition) is 3. The average molecular weight is 389 g/mol. The molecule has 0 heterocycles. The Bertz CT molecular complexity index is 1050. The third-order valence-electron chi connectivity index (χ3n) is 4.02. The molecule has 0 spiro atoms. The molecule has 4 N–H and O–H groups in total. The van der Waals surface area contributed by atoms with E-state index in [-0.39, 0.29) is 23.9 Å². The zero-order valence-corrected chi connectivity index (χ0v) is 15.5. The minimum absolute atomic E-state index is 0.0812. The molecule has 5 nitrogen and oxygen atoms in total. The molecule has 0 aromatic heterocycles. The fourth-order valence-electron chi connectivity index (χ4n) is 2.67. The van der Waals surface area contributed by atoms with Crippen molar-refractivity contribution < 1.29 is 14.3 Å². The number of nitrogens with zero attached hydrogens (tertiary/aromatic N) is 1. The van der Waals surface area contributed by atoms with E-state index in [0.717, 1.165) is 11.3 Å². The predicted octanol–water partition coefficient (Wildman–Crippen LogP) is 4.59. The molecule has 0 radical (unpaired) electrons. The molecule has 0 bridgehead atoms. The van der Waals surface area contributed by atoms with Gasteiger partial charge in [0.15, 0.2) is 0 Å². The zero-order valence-electron chi connectivity index (χ0n) is 15.5. The highest BCUT2D eigenvalue weighted by atomic mass is 19.1. The molecule has 0 fully saturated rings. The van der Waals surface area contributed by atoms with E-state index in [9.17, 15) is 14.3 Å². The van der Waals surface area contributed by atoms with Gasteiger partial charge in [-0.2, -0.15) is 0 Å². The van der Waals surface area contributed by atoms with E-state index >= 15 is 0 Å². The van der Waals surface area contributed by atoms with Crippen LogP contribution in [0.3, 0.4) is 0 Å². The summed E-state index contributed by atoms with van der Waals surface area (Å²) in [6.45, 7) is 0. The van der Waals surface area contributed by atoms with Gasteiger partial charge in [-0.3, -0.25) is 4.79 Å². The molecule has 3 aromatic rings. The van der Waals surface area contributed by atoms with Crippen molar-refractivity contribution in [3.63, 3.8) is 0 Å². The van der Waals surface area contributed by atoms with Crippen LogP contribution in [0.15, 0.2) is 89.9 Å². The second-order valence-electron chi connectivity index (χ2n) is 6.33. The molecule has 0 saturated carbocycles. The van der Waals surface area contributed by atoms with Crippen LogP contribution >= 0.6 is 0 Å². The predicted molar refractivity (Wildman–Crippen MR) is 114 cm³/mol. The third kappa shape index (κ3) is 6.04. The van der Waals surface area contributed by atoms with Gasteiger partial charge in [-0.25, -0.2) is 9.38 Å². The Morgan fingerprint density at radius 1 is 1.03 bits per heavy atom. The van der Waals surface area contributed by atoms with Crippen molar-refractivity contribution in [1.82, 2.24) is 0 Å². The van der Waals surface area contributed by atoms with Gasteiger partial charge in [0.2, 0.25) is 5.91 Å². The van der Waals surface area contributed by atoms with Gasteiger partial charge in [-0.1, -0.05) is 30.3 Å². The third-order valence-corrected chi connectivity index (χ3v) is 4.02. The highest BCUT2D eigenvalue weighted by Gasteiger charge is 2.05. The highest BCUT2D eigenvalue weighted by molar-refractivity contribution is 5.98. The first-order chi connectivity index (χ1) is 14.0. The molecule has 3 rings (SSSR count). The lowest BCUT2D eigenvalue weighted by Crippen LogP contribution is -2.14. The van der Waals surface area contributed by atoms with Crippen LogP contribution in [-0.4, -0.2) is 16.8 Å². The molecule has 0 saturated heterocycles. The summed E-state index contributed by atoms with van der Waals surface area (Å²) in [5.41, 5.74) is 8.38. The van der Waals surface area contributed by atoms with Crippen molar-refractivity contribution in [3.8, 4) is 0 Å². The van der Waals surface area contributed by atoms with Crippen molar-refractivity contribution in [2.45, 2.75) is 6.42 Å². The number of carbonyl (C=O) groups excluding carboxylic acids is 1. The number of nitrogens with one attached hydrogen (secondary N) is 1. The van der Waals surface area contributed by atoms with Crippen molar-refractivity contribution in [1.29, 1.82) is 0 Å². The summed E-state index contributed by atoms with van der Waals surface area (Å²) in [6, 6.07) is 21.7. The van der Waals surface area contributed by atoms with E-state index < -0.39 is 5.82 Å². The number of carbonyl (C=O) groups is 1. The fraction of sp³-hybridized carbons (Fsp3) is 0.0435. The highest BCUT2D eigenvalue weighted by Crippen LogP contribution is 2.17. The van der Waals surface area contributed by atoms with Crippen LogP contribution in [-0.2, 0) is 11.2 Å². The van der Waals surface area contributed by atoms with E-state index in [0.29, 0.717) is 11.3 Å². The minimum atomic E-state index is -0.392. The number of nitrogens with two attached hydrogens (primary N) is 1. The van der Waals surface area contributed by atoms with Gasteiger partial charge < -0.3 is 16.2 Å². The summed E-state index contributed by atoms with van der Waals surface area (Å²) in [5, 5.41) is 12.9. The van der Waals surface area contributed by atoms with E-state index in [1.807, 2.05) is 36.4 Å². The molecule has 0 aliphatic heterocycles. The number of halogens is 1. The molecule has 146 valence electrons. The molecular formula is C23H20FN3O2. The Morgan fingerprint density at radius 3 is 2.48 bits per heavy atom. The Labute approximate surface area is 168 Å². The van der Waals surface area contributed by atoms with E-state index in [1.54, 1.807) is 18.2 Å². The molecule has 0 atom stereocenters. The number of anilines is 1.